The van der Waals surface area contributed by atoms with Gasteiger partial charge >= 0.3 is 0 Å². The fourth-order valence-corrected chi connectivity index (χ4v) is 3.70. The van der Waals surface area contributed by atoms with Crippen molar-refractivity contribution in [3.8, 4) is 0 Å². The van der Waals surface area contributed by atoms with E-state index in [1.807, 2.05) is 0 Å². The van der Waals surface area contributed by atoms with E-state index in [0.717, 1.165) is 32.1 Å². The zero-order chi connectivity index (χ0) is 17.6. The molecule has 1 aromatic carbocycles. The third-order valence-electron chi connectivity index (χ3n) is 5.08. The van der Waals surface area contributed by atoms with Crippen molar-refractivity contribution >= 4 is 5.96 Å². The van der Waals surface area contributed by atoms with Crippen LogP contribution in [0.3, 0.4) is 0 Å². The minimum atomic E-state index is 0.517. The molecule has 2 aliphatic rings. The highest BCUT2D eigenvalue weighted by Gasteiger charge is 2.39. The Hall–Kier alpha value is -1.81. The summed E-state index contributed by atoms with van der Waals surface area (Å²) in [6.45, 7) is 12.4. The molecule has 0 aromatic heterocycles. The van der Waals surface area contributed by atoms with Gasteiger partial charge in [-0.3, -0.25) is 9.89 Å². The molecule has 2 unspecified atom stereocenters. The van der Waals surface area contributed by atoms with E-state index >= 15 is 0 Å². The molecule has 25 heavy (non-hydrogen) atoms. The van der Waals surface area contributed by atoms with Gasteiger partial charge in [0.1, 0.15) is 0 Å². The second-order valence-electron chi connectivity index (χ2n) is 7.48. The molecule has 1 aliphatic carbocycles. The van der Waals surface area contributed by atoms with Crippen LogP contribution in [0.4, 0.5) is 0 Å². The number of hydrogen-bond acceptors (Lipinski definition) is 2. The number of nitrogens with zero attached hydrogens (tertiary/aromatic N) is 2. The Labute approximate surface area is 152 Å². The first-order chi connectivity index (χ1) is 12.2. The minimum Gasteiger partial charge on any atom is -0.354 e. The molecule has 1 aliphatic heterocycles. The zero-order valence-electron chi connectivity index (χ0n) is 15.7. The predicted octanol–water partition coefficient (Wildman–Crippen LogP) is 3.14. The van der Waals surface area contributed by atoms with Crippen LogP contribution >= 0.6 is 0 Å². The number of piperidine rings is 1. The largest absolute Gasteiger partial charge is 0.354 e. The molecule has 0 bridgehead atoms. The first kappa shape index (κ1) is 18.0. The fourth-order valence-electron chi connectivity index (χ4n) is 3.70. The van der Waals surface area contributed by atoms with Gasteiger partial charge in [-0.15, -0.1) is 0 Å². The quantitative estimate of drug-likeness (QED) is 0.475. The second kappa shape index (κ2) is 8.52. The highest BCUT2D eigenvalue weighted by molar-refractivity contribution is 5.81. The van der Waals surface area contributed by atoms with Crippen molar-refractivity contribution in [1.29, 1.82) is 0 Å². The summed E-state index contributed by atoms with van der Waals surface area (Å²) in [7, 11) is 0. The van der Waals surface area contributed by atoms with Gasteiger partial charge in [-0.25, -0.2) is 0 Å². The predicted molar refractivity (Wildman–Crippen MR) is 106 cm³/mol. The molecule has 3 rings (SSSR count). The van der Waals surface area contributed by atoms with Crippen LogP contribution in [0, 0.1) is 0 Å². The first-order valence-corrected chi connectivity index (χ1v) is 9.65. The van der Waals surface area contributed by atoms with Gasteiger partial charge in [-0.2, -0.15) is 0 Å². The van der Waals surface area contributed by atoms with Crippen LogP contribution in [0.2, 0.25) is 0 Å². The van der Waals surface area contributed by atoms with Gasteiger partial charge in [0.2, 0.25) is 0 Å². The van der Waals surface area contributed by atoms with E-state index in [9.17, 15) is 0 Å². The number of guanidine groups is 1. The molecule has 1 saturated carbocycles. The van der Waals surface area contributed by atoms with Gasteiger partial charge in [0, 0.05) is 44.2 Å². The molecular formula is C21H32N4. The monoisotopic (exact) mass is 340 g/mol. The highest BCUT2D eigenvalue weighted by atomic mass is 15.2. The Kier molecular flexibility index (Phi) is 6.14. The third-order valence-corrected chi connectivity index (χ3v) is 5.08. The molecule has 2 atom stereocenters. The van der Waals surface area contributed by atoms with Gasteiger partial charge in [-0.1, -0.05) is 42.5 Å². The fraction of sp³-hybridized carbons (Fsp3) is 0.571. The molecule has 0 radical (unpaired) electrons. The van der Waals surface area contributed by atoms with Crippen LogP contribution < -0.4 is 10.6 Å². The van der Waals surface area contributed by atoms with Crippen molar-refractivity contribution in [1.82, 2.24) is 15.5 Å². The third kappa shape index (κ3) is 5.33. The van der Waals surface area contributed by atoms with Crippen LogP contribution in [0.15, 0.2) is 47.5 Å². The number of aliphatic imine (C=N–C) groups is 1. The van der Waals surface area contributed by atoms with Crippen LogP contribution in [0.1, 0.15) is 44.6 Å². The average Bonchev–Trinajstić information content (AvgIpc) is 3.36. The maximum atomic E-state index is 4.66. The van der Waals surface area contributed by atoms with Gasteiger partial charge in [0.25, 0.3) is 0 Å². The van der Waals surface area contributed by atoms with Crippen LogP contribution in [-0.2, 0) is 0 Å². The molecule has 4 nitrogen and oxygen atoms in total. The number of rotatable bonds is 6. The summed E-state index contributed by atoms with van der Waals surface area (Å²) in [4.78, 5) is 7.16. The molecule has 4 heteroatoms. The second-order valence-corrected chi connectivity index (χ2v) is 7.48. The summed E-state index contributed by atoms with van der Waals surface area (Å²) in [5, 5.41) is 7.31. The number of hydrogen-bond donors (Lipinski definition) is 2. The Morgan fingerprint density at radius 2 is 1.92 bits per heavy atom. The van der Waals surface area contributed by atoms with Crippen molar-refractivity contribution in [2.45, 2.75) is 51.1 Å². The highest BCUT2D eigenvalue weighted by Crippen LogP contribution is 2.40. The Morgan fingerprint density at radius 1 is 1.20 bits per heavy atom. The summed E-state index contributed by atoms with van der Waals surface area (Å²) in [5.41, 5.74) is 2.69. The van der Waals surface area contributed by atoms with Gasteiger partial charge in [-0.05, 0) is 38.7 Å². The Bertz CT molecular complexity index is 587. The average molecular weight is 341 g/mol. The Balaban J connectivity index is 1.47. The van der Waals surface area contributed by atoms with Crippen LogP contribution in [0.5, 0.6) is 0 Å². The van der Waals surface area contributed by atoms with Gasteiger partial charge in [0.15, 0.2) is 5.96 Å². The molecule has 0 amide bonds. The molecule has 1 heterocycles. The van der Waals surface area contributed by atoms with E-state index < -0.39 is 0 Å². The van der Waals surface area contributed by atoms with Gasteiger partial charge in [0.05, 0.1) is 0 Å². The topological polar surface area (TPSA) is 39.7 Å². The maximum absolute atomic E-state index is 4.66. The van der Waals surface area contributed by atoms with Crippen LogP contribution in [-0.4, -0.2) is 49.1 Å². The van der Waals surface area contributed by atoms with Crippen molar-refractivity contribution in [2.75, 3.05) is 26.2 Å². The van der Waals surface area contributed by atoms with Crippen molar-refractivity contribution in [2.24, 2.45) is 4.99 Å². The van der Waals surface area contributed by atoms with Crippen molar-refractivity contribution in [3.05, 3.63) is 48.0 Å². The van der Waals surface area contributed by atoms with Crippen molar-refractivity contribution < 1.29 is 0 Å². The van der Waals surface area contributed by atoms with E-state index in [0.29, 0.717) is 18.0 Å². The summed E-state index contributed by atoms with van der Waals surface area (Å²) in [5.74, 6) is 1.62. The first-order valence-electron chi connectivity index (χ1n) is 9.65. The molecule has 2 fully saturated rings. The summed E-state index contributed by atoms with van der Waals surface area (Å²) in [6.07, 6.45) is 3.54. The molecule has 136 valence electrons. The van der Waals surface area contributed by atoms with Crippen molar-refractivity contribution in [3.63, 3.8) is 0 Å². The number of benzene rings is 1. The SMILES string of the molecule is C=C(C)CN1CCC(NC(=NCC)NC2CC2c2ccccc2)CC1. The molecule has 1 aromatic rings. The minimum absolute atomic E-state index is 0.517. The lowest BCUT2D eigenvalue weighted by Gasteiger charge is -2.33. The zero-order valence-corrected chi connectivity index (χ0v) is 15.7. The van der Waals surface area contributed by atoms with E-state index in [1.54, 1.807) is 0 Å². The van der Waals surface area contributed by atoms with Crippen LogP contribution in [0.25, 0.3) is 0 Å². The Morgan fingerprint density at radius 3 is 2.56 bits per heavy atom. The normalized spacial score (nSPS) is 24.8. The van der Waals surface area contributed by atoms with E-state index in [-0.39, 0.29) is 0 Å². The van der Waals surface area contributed by atoms with Gasteiger partial charge < -0.3 is 10.6 Å². The van der Waals surface area contributed by atoms with E-state index in [2.05, 4.69) is 71.3 Å². The molecule has 2 N–H and O–H groups in total. The standard InChI is InChI=1S/C21H32N4/c1-4-22-21(23-18-10-12-25(13-11-18)15-16(2)3)24-20-14-19(20)17-8-6-5-7-9-17/h5-9,18-20H,2,4,10-15H2,1,3H3,(H2,22,23,24). The summed E-state index contributed by atoms with van der Waals surface area (Å²) in [6, 6.07) is 11.8. The maximum Gasteiger partial charge on any atom is 0.191 e. The summed E-state index contributed by atoms with van der Waals surface area (Å²) >= 11 is 0. The molecule has 1 saturated heterocycles. The lowest BCUT2D eigenvalue weighted by Crippen LogP contribution is -2.49. The summed E-state index contributed by atoms with van der Waals surface area (Å²) < 4.78 is 0. The lowest BCUT2D eigenvalue weighted by molar-refractivity contribution is 0.221. The number of nitrogens with one attached hydrogen (secondary N) is 2. The number of likely N-dealkylation sites (tertiary alicyclic amines) is 1. The molecular weight excluding hydrogens is 308 g/mol. The molecule has 0 spiro atoms. The van der Waals surface area contributed by atoms with E-state index in [4.69, 9.17) is 0 Å². The lowest BCUT2D eigenvalue weighted by atomic mass is 10.0. The smallest absolute Gasteiger partial charge is 0.191 e. The van der Waals surface area contributed by atoms with E-state index in [1.165, 1.54) is 30.4 Å².